The first-order valence-corrected chi connectivity index (χ1v) is 7.37. The Kier molecular flexibility index (Phi) is 2.99. The van der Waals surface area contributed by atoms with E-state index in [2.05, 4.69) is 36.3 Å². The monoisotopic (exact) mass is 261 g/mol. The summed E-state index contributed by atoms with van der Waals surface area (Å²) in [4.78, 5) is 4.39. The lowest BCUT2D eigenvalue weighted by molar-refractivity contribution is 0.472. The van der Waals surface area contributed by atoms with E-state index in [1.165, 1.54) is 28.7 Å². The maximum Gasteiger partial charge on any atom is 0.181 e. The van der Waals surface area contributed by atoms with Crippen LogP contribution in [-0.2, 0) is 6.42 Å². The SMILES string of the molecule is CC(C)CNC1CCc2cc3sc(N)nc3cc21. The highest BCUT2D eigenvalue weighted by Gasteiger charge is 2.23. The molecule has 1 atom stereocenters. The molecular formula is C14H19N3S. The molecule has 2 aromatic rings. The fourth-order valence-electron chi connectivity index (χ4n) is 2.64. The molecule has 96 valence electrons. The summed E-state index contributed by atoms with van der Waals surface area (Å²) in [6, 6.07) is 4.99. The molecule has 0 fully saturated rings. The van der Waals surface area contributed by atoms with E-state index in [-0.39, 0.29) is 0 Å². The first kappa shape index (κ1) is 11.9. The zero-order valence-electron chi connectivity index (χ0n) is 10.9. The summed E-state index contributed by atoms with van der Waals surface area (Å²) in [6.45, 7) is 5.56. The van der Waals surface area contributed by atoms with Crippen LogP contribution in [0.3, 0.4) is 0 Å². The third-order valence-corrected chi connectivity index (χ3v) is 4.36. The van der Waals surface area contributed by atoms with Gasteiger partial charge < -0.3 is 11.1 Å². The van der Waals surface area contributed by atoms with Gasteiger partial charge >= 0.3 is 0 Å². The number of fused-ring (bicyclic) bond motifs is 2. The summed E-state index contributed by atoms with van der Waals surface area (Å²) in [5.41, 5.74) is 9.72. The van der Waals surface area contributed by atoms with Gasteiger partial charge in [-0.3, -0.25) is 0 Å². The third kappa shape index (κ3) is 2.10. The molecule has 3 N–H and O–H groups in total. The maximum absolute atomic E-state index is 5.78. The van der Waals surface area contributed by atoms with Crippen LogP contribution >= 0.6 is 11.3 Å². The lowest BCUT2D eigenvalue weighted by atomic mass is 10.1. The number of aromatic nitrogens is 1. The van der Waals surface area contributed by atoms with Crippen molar-refractivity contribution in [3.05, 3.63) is 23.3 Å². The van der Waals surface area contributed by atoms with Crippen LogP contribution in [0.1, 0.15) is 37.4 Å². The van der Waals surface area contributed by atoms with E-state index in [9.17, 15) is 0 Å². The molecule has 4 heteroatoms. The summed E-state index contributed by atoms with van der Waals surface area (Å²) in [7, 11) is 0. The van der Waals surface area contributed by atoms with Crippen LogP contribution in [0.25, 0.3) is 10.2 Å². The van der Waals surface area contributed by atoms with Gasteiger partial charge in [0.1, 0.15) is 0 Å². The molecule has 0 spiro atoms. The molecule has 1 unspecified atom stereocenters. The van der Waals surface area contributed by atoms with Crippen molar-refractivity contribution >= 4 is 26.7 Å². The van der Waals surface area contributed by atoms with Crippen molar-refractivity contribution in [1.29, 1.82) is 0 Å². The van der Waals surface area contributed by atoms with Crippen LogP contribution in [0.4, 0.5) is 5.13 Å². The molecule has 3 rings (SSSR count). The van der Waals surface area contributed by atoms with Crippen molar-refractivity contribution in [2.75, 3.05) is 12.3 Å². The standard InChI is InChI=1S/C14H19N3S/c1-8(2)7-16-11-4-3-9-5-13-12(6-10(9)11)17-14(15)18-13/h5-6,8,11,16H,3-4,7H2,1-2H3,(H2,15,17). The van der Waals surface area contributed by atoms with E-state index in [0.29, 0.717) is 17.1 Å². The fraction of sp³-hybridized carbons (Fsp3) is 0.500. The first-order chi connectivity index (χ1) is 8.63. The molecule has 0 aliphatic heterocycles. The van der Waals surface area contributed by atoms with E-state index in [1.807, 2.05) is 0 Å². The lowest BCUT2D eigenvalue weighted by Crippen LogP contribution is -2.23. The van der Waals surface area contributed by atoms with E-state index in [4.69, 9.17) is 5.73 Å². The molecule has 1 heterocycles. The van der Waals surface area contributed by atoms with Gasteiger partial charge in [-0.2, -0.15) is 0 Å². The molecule has 1 aromatic heterocycles. The van der Waals surface area contributed by atoms with Gasteiger partial charge in [0.15, 0.2) is 5.13 Å². The maximum atomic E-state index is 5.78. The summed E-state index contributed by atoms with van der Waals surface area (Å²) >= 11 is 1.58. The highest BCUT2D eigenvalue weighted by Crippen LogP contribution is 2.36. The number of thiazole rings is 1. The van der Waals surface area contributed by atoms with E-state index >= 15 is 0 Å². The molecular weight excluding hydrogens is 242 g/mol. The van der Waals surface area contributed by atoms with Gasteiger partial charge in [0.2, 0.25) is 0 Å². The summed E-state index contributed by atoms with van der Waals surface area (Å²) in [5, 5.41) is 4.32. The van der Waals surface area contributed by atoms with Crippen LogP contribution in [0.5, 0.6) is 0 Å². The van der Waals surface area contributed by atoms with Crippen molar-refractivity contribution in [3.8, 4) is 0 Å². The zero-order chi connectivity index (χ0) is 12.7. The van der Waals surface area contributed by atoms with Crippen molar-refractivity contribution < 1.29 is 0 Å². The fourth-order valence-corrected chi connectivity index (χ4v) is 3.42. The second-order valence-electron chi connectivity index (χ2n) is 5.46. The van der Waals surface area contributed by atoms with Crippen molar-refractivity contribution in [2.24, 2.45) is 5.92 Å². The molecule has 1 aliphatic rings. The number of nitrogens with one attached hydrogen (secondary N) is 1. The predicted molar refractivity (Wildman–Crippen MR) is 77.9 cm³/mol. The van der Waals surface area contributed by atoms with Crippen LogP contribution < -0.4 is 11.1 Å². The number of hydrogen-bond donors (Lipinski definition) is 2. The van der Waals surface area contributed by atoms with Crippen molar-refractivity contribution in [2.45, 2.75) is 32.7 Å². The van der Waals surface area contributed by atoms with Gasteiger partial charge in [-0.05, 0) is 48.6 Å². The Bertz CT molecular complexity index is 574. The van der Waals surface area contributed by atoms with E-state index < -0.39 is 0 Å². The normalized spacial score (nSPS) is 18.7. The number of nitrogens with zero attached hydrogens (tertiary/aromatic N) is 1. The van der Waals surface area contributed by atoms with Gasteiger partial charge in [-0.1, -0.05) is 25.2 Å². The minimum Gasteiger partial charge on any atom is -0.375 e. The van der Waals surface area contributed by atoms with Gasteiger partial charge in [-0.25, -0.2) is 4.98 Å². The van der Waals surface area contributed by atoms with Gasteiger partial charge in [0.25, 0.3) is 0 Å². The molecule has 0 saturated heterocycles. The number of nitrogen functional groups attached to an aromatic ring is 1. The van der Waals surface area contributed by atoms with Crippen LogP contribution in [0, 0.1) is 5.92 Å². The average Bonchev–Trinajstić information content (AvgIpc) is 2.84. The second kappa shape index (κ2) is 4.52. The smallest absolute Gasteiger partial charge is 0.181 e. The second-order valence-corrected chi connectivity index (χ2v) is 6.53. The topological polar surface area (TPSA) is 50.9 Å². The minimum absolute atomic E-state index is 0.495. The van der Waals surface area contributed by atoms with Crippen molar-refractivity contribution in [1.82, 2.24) is 10.3 Å². The molecule has 3 nitrogen and oxygen atoms in total. The summed E-state index contributed by atoms with van der Waals surface area (Å²) < 4.78 is 1.22. The van der Waals surface area contributed by atoms with Gasteiger partial charge in [-0.15, -0.1) is 0 Å². The average molecular weight is 261 g/mol. The Balaban J connectivity index is 1.92. The third-order valence-electron chi connectivity index (χ3n) is 3.52. The highest BCUT2D eigenvalue weighted by molar-refractivity contribution is 7.22. The number of anilines is 1. The summed E-state index contributed by atoms with van der Waals surface area (Å²) in [5.74, 6) is 0.688. The largest absolute Gasteiger partial charge is 0.375 e. The van der Waals surface area contributed by atoms with Crippen LogP contribution in [-0.4, -0.2) is 11.5 Å². The lowest BCUT2D eigenvalue weighted by Gasteiger charge is -2.15. The van der Waals surface area contributed by atoms with Crippen LogP contribution in [0.2, 0.25) is 0 Å². The molecule has 0 amide bonds. The minimum atomic E-state index is 0.495. The number of nitrogens with two attached hydrogens (primary N) is 1. The summed E-state index contributed by atoms with van der Waals surface area (Å²) in [6.07, 6.45) is 2.37. The molecule has 1 aliphatic carbocycles. The Morgan fingerprint density at radius 2 is 2.33 bits per heavy atom. The molecule has 0 saturated carbocycles. The number of aryl methyl sites for hydroxylation is 1. The van der Waals surface area contributed by atoms with E-state index in [0.717, 1.165) is 12.1 Å². The van der Waals surface area contributed by atoms with E-state index in [1.54, 1.807) is 11.3 Å². The quantitative estimate of drug-likeness (QED) is 0.892. The van der Waals surface area contributed by atoms with Crippen LogP contribution in [0.15, 0.2) is 12.1 Å². The zero-order valence-corrected chi connectivity index (χ0v) is 11.7. The number of benzene rings is 1. The highest BCUT2D eigenvalue weighted by atomic mass is 32.1. The Hall–Kier alpha value is -1.13. The molecule has 18 heavy (non-hydrogen) atoms. The predicted octanol–water partition coefficient (Wildman–Crippen LogP) is 3.11. The number of rotatable bonds is 3. The molecule has 1 aromatic carbocycles. The molecule has 0 radical (unpaired) electrons. The van der Waals surface area contributed by atoms with Gasteiger partial charge in [0, 0.05) is 6.04 Å². The Labute approximate surface area is 111 Å². The van der Waals surface area contributed by atoms with Crippen molar-refractivity contribution in [3.63, 3.8) is 0 Å². The van der Waals surface area contributed by atoms with Gasteiger partial charge in [0.05, 0.1) is 10.2 Å². The Morgan fingerprint density at radius 1 is 1.50 bits per heavy atom. The Morgan fingerprint density at radius 3 is 3.11 bits per heavy atom. The molecule has 0 bridgehead atoms. The first-order valence-electron chi connectivity index (χ1n) is 6.55. The number of hydrogen-bond acceptors (Lipinski definition) is 4.